The van der Waals surface area contributed by atoms with Crippen LogP contribution >= 0.6 is 0 Å². The van der Waals surface area contributed by atoms with Gasteiger partial charge in [-0.05, 0) is 16.8 Å². The molecule has 1 aromatic rings. The first kappa shape index (κ1) is 11.3. The van der Waals surface area contributed by atoms with Gasteiger partial charge in [-0.15, -0.1) is 0 Å². The largest absolute Gasteiger partial charge is 0.367 e. The summed E-state index contributed by atoms with van der Waals surface area (Å²) in [6, 6.07) is 7.44. The summed E-state index contributed by atoms with van der Waals surface area (Å²) in [6.45, 7) is 0. The number of hydrogen-bond acceptors (Lipinski definition) is 4. The first-order valence-electron chi connectivity index (χ1n) is 5.20. The van der Waals surface area contributed by atoms with Gasteiger partial charge in [-0.2, -0.15) is 0 Å². The monoisotopic (exact) mass is 234 g/mol. The van der Waals surface area contributed by atoms with E-state index in [4.69, 9.17) is 11.5 Å². The zero-order valence-corrected chi connectivity index (χ0v) is 9.46. The van der Waals surface area contributed by atoms with E-state index in [0.29, 0.717) is 6.42 Å². The number of carbonyl (C=O) groups is 1. The molecule has 0 aliphatic carbocycles. The van der Waals surface area contributed by atoms with Gasteiger partial charge in [0.2, 0.25) is 5.96 Å². The van der Waals surface area contributed by atoms with Crippen molar-refractivity contribution in [3.63, 3.8) is 0 Å². The van der Waals surface area contributed by atoms with E-state index in [-0.39, 0.29) is 12.0 Å². The standard InChI is InChI=1S/C11H14N4O2/c1-15-8-5-3-2-4-7(8)6-9(15)10(16)17-14-11(12)13/h2-5,9H,6H2,1H3,(H4,12,13,14). The number of hydrogen-bond donors (Lipinski definition) is 2. The lowest BCUT2D eigenvalue weighted by Gasteiger charge is -2.19. The molecule has 90 valence electrons. The molecule has 1 aromatic carbocycles. The normalized spacial score (nSPS) is 17.5. The molecule has 1 aliphatic heterocycles. The molecule has 0 fully saturated rings. The van der Waals surface area contributed by atoms with Gasteiger partial charge >= 0.3 is 5.97 Å². The average Bonchev–Trinajstić information content (AvgIpc) is 2.64. The minimum atomic E-state index is -0.461. The Kier molecular flexibility index (Phi) is 2.86. The molecule has 4 N–H and O–H groups in total. The van der Waals surface area contributed by atoms with Gasteiger partial charge in [-0.1, -0.05) is 18.2 Å². The van der Waals surface area contributed by atoms with Crippen molar-refractivity contribution in [1.82, 2.24) is 0 Å². The van der Waals surface area contributed by atoms with Crippen molar-refractivity contribution in [1.29, 1.82) is 0 Å². The molecule has 0 bridgehead atoms. The van der Waals surface area contributed by atoms with Crippen molar-refractivity contribution >= 4 is 17.6 Å². The van der Waals surface area contributed by atoms with Crippen LogP contribution in [-0.4, -0.2) is 25.0 Å². The van der Waals surface area contributed by atoms with E-state index in [1.54, 1.807) is 0 Å². The van der Waals surface area contributed by atoms with Gasteiger partial charge in [-0.25, -0.2) is 4.79 Å². The number of rotatable bonds is 2. The Bertz CT molecular complexity index is 468. The van der Waals surface area contributed by atoms with Crippen molar-refractivity contribution < 1.29 is 9.63 Å². The van der Waals surface area contributed by atoms with Crippen LogP contribution < -0.4 is 16.4 Å². The fourth-order valence-corrected chi connectivity index (χ4v) is 1.94. The second-order valence-electron chi connectivity index (χ2n) is 3.89. The molecule has 0 spiro atoms. The molecule has 6 nitrogen and oxygen atoms in total. The molecule has 2 rings (SSSR count). The van der Waals surface area contributed by atoms with Crippen LogP contribution in [0.2, 0.25) is 0 Å². The number of carbonyl (C=O) groups excluding carboxylic acids is 1. The summed E-state index contributed by atoms with van der Waals surface area (Å²) < 4.78 is 0. The molecule has 17 heavy (non-hydrogen) atoms. The zero-order valence-electron chi connectivity index (χ0n) is 9.46. The summed E-state index contributed by atoms with van der Waals surface area (Å²) in [5.41, 5.74) is 12.3. The Hall–Kier alpha value is -2.24. The Balaban J connectivity index is 2.12. The first-order valence-corrected chi connectivity index (χ1v) is 5.20. The number of nitrogens with two attached hydrogens (primary N) is 2. The lowest BCUT2D eigenvalue weighted by atomic mass is 10.1. The minimum Gasteiger partial charge on any atom is -0.367 e. The maximum Gasteiger partial charge on any atom is 0.357 e. The molecule has 6 heteroatoms. The number of benzene rings is 1. The van der Waals surface area contributed by atoms with Crippen molar-refractivity contribution in [2.24, 2.45) is 16.6 Å². The van der Waals surface area contributed by atoms with Crippen LogP contribution in [0.3, 0.4) is 0 Å². The predicted molar refractivity (Wildman–Crippen MR) is 64.2 cm³/mol. The molecule has 0 saturated heterocycles. The predicted octanol–water partition coefficient (Wildman–Crippen LogP) is -0.221. The van der Waals surface area contributed by atoms with Crippen LogP contribution in [0.4, 0.5) is 5.69 Å². The van der Waals surface area contributed by atoms with Crippen molar-refractivity contribution in [2.45, 2.75) is 12.5 Å². The highest BCUT2D eigenvalue weighted by molar-refractivity contribution is 5.84. The van der Waals surface area contributed by atoms with E-state index in [9.17, 15) is 4.79 Å². The molecule has 1 heterocycles. The number of nitrogens with zero attached hydrogens (tertiary/aromatic N) is 2. The molecule has 0 saturated carbocycles. The summed E-state index contributed by atoms with van der Waals surface area (Å²) in [6.07, 6.45) is 0.603. The molecular weight excluding hydrogens is 220 g/mol. The van der Waals surface area contributed by atoms with E-state index < -0.39 is 5.97 Å². The van der Waals surface area contributed by atoms with Crippen molar-refractivity contribution in [2.75, 3.05) is 11.9 Å². The summed E-state index contributed by atoms with van der Waals surface area (Å²) in [5, 5.41) is 3.26. The molecular formula is C11H14N4O2. The van der Waals surface area contributed by atoms with E-state index >= 15 is 0 Å². The minimum absolute atomic E-state index is 0.267. The molecule has 1 atom stereocenters. The van der Waals surface area contributed by atoms with E-state index in [2.05, 4.69) is 9.99 Å². The highest BCUT2D eigenvalue weighted by Crippen LogP contribution is 2.30. The summed E-state index contributed by atoms with van der Waals surface area (Å²) in [5.74, 6) is -0.728. The summed E-state index contributed by atoms with van der Waals surface area (Å²) >= 11 is 0. The second kappa shape index (κ2) is 4.32. The third-order valence-electron chi connectivity index (χ3n) is 2.77. The van der Waals surface area contributed by atoms with Crippen LogP contribution in [0, 0.1) is 0 Å². The third-order valence-corrected chi connectivity index (χ3v) is 2.77. The van der Waals surface area contributed by atoms with Crippen molar-refractivity contribution in [3.8, 4) is 0 Å². The summed E-state index contributed by atoms with van der Waals surface area (Å²) in [7, 11) is 1.84. The third kappa shape index (κ3) is 2.15. The molecule has 0 aromatic heterocycles. The fourth-order valence-electron chi connectivity index (χ4n) is 1.94. The van der Waals surface area contributed by atoms with Crippen LogP contribution in [-0.2, 0) is 16.1 Å². The van der Waals surface area contributed by atoms with Gasteiger partial charge in [0, 0.05) is 19.2 Å². The van der Waals surface area contributed by atoms with Gasteiger partial charge in [0.05, 0.1) is 0 Å². The van der Waals surface area contributed by atoms with Crippen LogP contribution in [0.5, 0.6) is 0 Å². The Labute approximate surface area is 98.8 Å². The second-order valence-corrected chi connectivity index (χ2v) is 3.89. The Morgan fingerprint density at radius 1 is 1.47 bits per heavy atom. The number of likely N-dealkylation sites (N-methyl/N-ethyl adjacent to an activating group) is 1. The van der Waals surface area contributed by atoms with Gasteiger partial charge < -0.3 is 21.2 Å². The SMILES string of the molecule is CN1c2ccccc2CC1C(=O)ON=C(N)N. The number of para-hydroxylation sites is 1. The molecule has 1 aliphatic rings. The number of guanidine groups is 1. The smallest absolute Gasteiger partial charge is 0.357 e. The topological polar surface area (TPSA) is 93.9 Å². The number of anilines is 1. The van der Waals surface area contributed by atoms with E-state index in [1.807, 2.05) is 36.2 Å². The quantitative estimate of drug-likeness (QED) is 0.319. The van der Waals surface area contributed by atoms with Gasteiger partial charge in [0.15, 0.2) is 0 Å². The summed E-state index contributed by atoms with van der Waals surface area (Å²) in [4.78, 5) is 18.3. The fraction of sp³-hybridized carbons (Fsp3) is 0.273. The van der Waals surface area contributed by atoms with Crippen LogP contribution in [0.25, 0.3) is 0 Å². The van der Waals surface area contributed by atoms with Crippen LogP contribution in [0.15, 0.2) is 29.4 Å². The average molecular weight is 234 g/mol. The molecule has 0 radical (unpaired) electrons. The lowest BCUT2D eigenvalue weighted by molar-refractivity contribution is -0.145. The first-order chi connectivity index (χ1) is 8.09. The maximum atomic E-state index is 11.7. The highest BCUT2D eigenvalue weighted by Gasteiger charge is 2.33. The molecule has 1 unspecified atom stereocenters. The van der Waals surface area contributed by atoms with Crippen molar-refractivity contribution in [3.05, 3.63) is 29.8 Å². The number of fused-ring (bicyclic) bond motifs is 1. The zero-order chi connectivity index (χ0) is 12.4. The van der Waals surface area contributed by atoms with E-state index in [1.165, 1.54) is 0 Å². The van der Waals surface area contributed by atoms with Crippen LogP contribution in [0.1, 0.15) is 5.56 Å². The number of oxime groups is 1. The van der Waals surface area contributed by atoms with E-state index in [0.717, 1.165) is 11.3 Å². The highest BCUT2D eigenvalue weighted by atomic mass is 16.7. The maximum absolute atomic E-state index is 11.7. The van der Waals surface area contributed by atoms with Gasteiger partial charge in [0.1, 0.15) is 6.04 Å². The lowest BCUT2D eigenvalue weighted by Crippen LogP contribution is -2.37. The Morgan fingerprint density at radius 2 is 2.18 bits per heavy atom. The van der Waals surface area contributed by atoms with Gasteiger partial charge in [-0.3, -0.25) is 0 Å². The Morgan fingerprint density at radius 3 is 2.82 bits per heavy atom. The van der Waals surface area contributed by atoms with Gasteiger partial charge in [0.25, 0.3) is 0 Å². The molecule has 0 amide bonds.